The number of fused-ring (bicyclic) bond motifs is 1. The molecule has 25 heavy (non-hydrogen) atoms. The van der Waals surface area contributed by atoms with Gasteiger partial charge in [-0.25, -0.2) is 9.97 Å². The Morgan fingerprint density at radius 2 is 1.88 bits per heavy atom. The molecule has 0 aliphatic heterocycles. The van der Waals surface area contributed by atoms with E-state index in [2.05, 4.69) is 44.4 Å². The monoisotopic (exact) mass is 356 g/mol. The Morgan fingerprint density at radius 1 is 1.12 bits per heavy atom. The van der Waals surface area contributed by atoms with Gasteiger partial charge in [0.25, 0.3) is 0 Å². The molecular weight excluding hydrogens is 332 g/mol. The zero-order chi connectivity index (χ0) is 17.6. The lowest BCUT2D eigenvalue weighted by molar-refractivity contribution is 0.768. The minimum absolute atomic E-state index is 0.773. The summed E-state index contributed by atoms with van der Waals surface area (Å²) in [5.41, 5.74) is 3.22. The lowest BCUT2D eigenvalue weighted by atomic mass is 10.3. The van der Waals surface area contributed by atoms with Crippen LogP contribution in [0.25, 0.3) is 11.0 Å². The maximum atomic E-state index is 4.59. The highest BCUT2D eigenvalue weighted by atomic mass is 32.1. The van der Waals surface area contributed by atoms with Gasteiger partial charge in [0.1, 0.15) is 5.82 Å². The first-order valence-electron chi connectivity index (χ1n) is 8.47. The van der Waals surface area contributed by atoms with Crippen molar-refractivity contribution in [2.75, 3.05) is 20.1 Å². The summed E-state index contributed by atoms with van der Waals surface area (Å²) >= 11 is 1.77. The van der Waals surface area contributed by atoms with Gasteiger partial charge in [-0.3, -0.25) is 4.99 Å². The van der Waals surface area contributed by atoms with Crippen molar-refractivity contribution < 1.29 is 0 Å². The molecule has 0 aliphatic carbocycles. The van der Waals surface area contributed by atoms with Crippen molar-refractivity contribution in [3.8, 4) is 0 Å². The molecule has 132 valence electrons. The van der Waals surface area contributed by atoms with Gasteiger partial charge in [0.05, 0.1) is 21.7 Å². The Balaban J connectivity index is 1.43. The molecule has 7 heteroatoms. The average Bonchev–Trinajstić information content (AvgIpc) is 3.16. The molecule has 0 aliphatic rings. The van der Waals surface area contributed by atoms with Crippen LogP contribution in [0.5, 0.6) is 0 Å². The lowest BCUT2D eigenvalue weighted by Crippen LogP contribution is -2.39. The molecule has 0 amide bonds. The van der Waals surface area contributed by atoms with E-state index < -0.39 is 0 Å². The molecular formula is C18H24N6S. The van der Waals surface area contributed by atoms with Crippen LogP contribution in [-0.2, 0) is 12.8 Å². The molecule has 6 nitrogen and oxygen atoms in total. The molecule has 2 aromatic heterocycles. The van der Waals surface area contributed by atoms with Crippen molar-refractivity contribution in [3.63, 3.8) is 0 Å². The summed E-state index contributed by atoms with van der Waals surface area (Å²) in [4.78, 5) is 18.0. The predicted octanol–water partition coefficient (Wildman–Crippen LogP) is 2.59. The Kier molecular flexibility index (Phi) is 5.65. The summed E-state index contributed by atoms with van der Waals surface area (Å²) < 4.78 is 0. The van der Waals surface area contributed by atoms with E-state index in [9.17, 15) is 0 Å². The molecule has 0 radical (unpaired) electrons. The van der Waals surface area contributed by atoms with Crippen molar-refractivity contribution in [3.05, 3.63) is 45.7 Å². The number of thiazole rings is 1. The molecule has 3 N–H and O–H groups in total. The average molecular weight is 356 g/mol. The van der Waals surface area contributed by atoms with E-state index in [1.54, 1.807) is 18.4 Å². The number of aromatic amines is 1. The van der Waals surface area contributed by atoms with Crippen LogP contribution in [0.4, 0.5) is 0 Å². The van der Waals surface area contributed by atoms with Gasteiger partial charge >= 0.3 is 0 Å². The number of hydrogen-bond acceptors (Lipinski definition) is 4. The fourth-order valence-electron chi connectivity index (χ4n) is 2.58. The van der Waals surface area contributed by atoms with Gasteiger partial charge in [0.15, 0.2) is 5.96 Å². The van der Waals surface area contributed by atoms with Crippen LogP contribution in [-0.4, -0.2) is 41.0 Å². The van der Waals surface area contributed by atoms with Crippen LogP contribution in [0.1, 0.15) is 21.4 Å². The number of aryl methyl sites for hydroxylation is 2. The van der Waals surface area contributed by atoms with Crippen molar-refractivity contribution in [2.45, 2.75) is 26.7 Å². The first kappa shape index (κ1) is 17.4. The Bertz CT molecular complexity index is 811. The number of imidazole rings is 1. The third-order valence-corrected chi connectivity index (χ3v) is 5.15. The summed E-state index contributed by atoms with van der Waals surface area (Å²) in [6.45, 7) is 5.76. The van der Waals surface area contributed by atoms with Crippen LogP contribution in [0, 0.1) is 13.8 Å². The fraction of sp³-hybridized carbons (Fsp3) is 0.389. The largest absolute Gasteiger partial charge is 0.356 e. The number of benzene rings is 1. The number of hydrogen-bond donors (Lipinski definition) is 3. The van der Waals surface area contributed by atoms with Crippen LogP contribution < -0.4 is 10.6 Å². The smallest absolute Gasteiger partial charge is 0.191 e. The zero-order valence-electron chi connectivity index (χ0n) is 14.9. The Labute approximate surface area is 151 Å². The number of nitrogens with one attached hydrogen (secondary N) is 3. The van der Waals surface area contributed by atoms with Crippen LogP contribution in [0.15, 0.2) is 29.3 Å². The number of guanidine groups is 1. The number of rotatable bonds is 6. The Hall–Kier alpha value is -2.41. The molecule has 0 bridgehead atoms. The summed E-state index contributed by atoms with van der Waals surface area (Å²) in [6.07, 6.45) is 1.73. The molecule has 0 saturated carbocycles. The zero-order valence-corrected chi connectivity index (χ0v) is 15.7. The molecule has 0 unspecified atom stereocenters. The molecule has 0 atom stereocenters. The van der Waals surface area contributed by atoms with Gasteiger partial charge in [-0.1, -0.05) is 12.1 Å². The number of aromatic nitrogens is 3. The normalized spacial score (nSPS) is 11.9. The van der Waals surface area contributed by atoms with Crippen LogP contribution >= 0.6 is 11.3 Å². The molecule has 0 fully saturated rings. The highest BCUT2D eigenvalue weighted by Crippen LogP contribution is 2.16. The van der Waals surface area contributed by atoms with Crippen molar-refractivity contribution in [2.24, 2.45) is 4.99 Å². The summed E-state index contributed by atoms with van der Waals surface area (Å²) in [7, 11) is 1.79. The maximum Gasteiger partial charge on any atom is 0.191 e. The minimum Gasteiger partial charge on any atom is -0.356 e. The van der Waals surface area contributed by atoms with E-state index >= 15 is 0 Å². The van der Waals surface area contributed by atoms with Gasteiger partial charge in [-0.2, -0.15) is 0 Å². The topological polar surface area (TPSA) is 78.0 Å². The molecule has 0 saturated heterocycles. The molecule has 3 rings (SSSR count). The second-order valence-corrected chi connectivity index (χ2v) is 7.16. The highest BCUT2D eigenvalue weighted by molar-refractivity contribution is 7.11. The number of H-pyrrole nitrogens is 1. The predicted molar refractivity (Wildman–Crippen MR) is 104 cm³/mol. The summed E-state index contributed by atoms with van der Waals surface area (Å²) in [5.74, 6) is 1.79. The lowest BCUT2D eigenvalue weighted by Gasteiger charge is -2.10. The van der Waals surface area contributed by atoms with E-state index in [1.807, 2.05) is 24.3 Å². The molecule has 3 aromatic rings. The number of aliphatic imine (C=N–C) groups is 1. The van der Waals surface area contributed by atoms with Crippen molar-refractivity contribution in [1.29, 1.82) is 0 Å². The maximum absolute atomic E-state index is 4.59. The van der Waals surface area contributed by atoms with Crippen molar-refractivity contribution >= 4 is 28.3 Å². The number of para-hydroxylation sites is 2. The van der Waals surface area contributed by atoms with Gasteiger partial charge < -0.3 is 15.6 Å². The van der Waals surface area contributed by atoms with Gasteiger partial charge in [-0.05, 0) is 26.0 Å². The minimum atomic E-state index is 0.773. The van der Waals surface area contributed by atoms with Crippen molar-refractivity contribution in [1.82, 2.24) is 25.6 Å². The van der Waals surface area contributed by atoms with E-state index in [-0.39, 0.29) is 0 Å². The molecule has 1 aromatic carbocycles. The van der Waals surface area contributed by atoms with Crippen LogP contribution in [0.3, 0.4) is 0 Å². The second-order valence-electron chi connectivity index (χ2n) is 5.88. The summed E-state index contributed by atoms with van der Waals surface area (Å²) in [6, 6.07) is 8.08. The standard InChI is InChI=1S/C18H24N6S/c1-12-13(2)25-17(22-12)9-11-21-18(19-3)20-10-8-16-23-14-6-4-5-7-15(14)24-16/h4-7H,8-11H2,1-3H3,(H,23,24)(H2,19,20,21). The van der Waals surface area contributed by atoms with E-state index in [1.165, 1.54) is 9.88 Å². The van der Waals surface area contributed by atoms with E-state index in [4.69, 9.17) is 0 Å². The SMILES string of the molecule is CN=C(NCCc1nc2ccccc2[nH]1)NCCc1nc(C)c(C)s1. The highest BCUT2D eigenvalue weighted by Gasteiger charge is 2.05. The van der Waals surface area contributed by atoms with Gasteiger partial charge in [0, 0.05) is 37.9 Å². The molecule has 0 spiro atoms. The Morgan fingerprint density at radius 3 is 2.56 bits per heavy atom. The van der Waals surface area contributed by atoms with E-state index in [0.717, 1.165) is 54.4 Å². The van der Waals surface area contributed by atoms with E-state index in [0.29, 0.717) is 0 Å². The van der Waals surface area contributed by atoms with Crippen LogP contribution in [0.2, 0.25) is 0 Å². The third-order valence-electron chi connectivity index (χ3n) is 4.02. The van der Waals surface area contributed by atoms with Gasteiger partial charge in [0.2, 0.25) is 0 Å². The third kappa shape index (κ3) is 4.57. The first-order chi connectivity index (χ1) is 12.2. The molecule has 2 heterocycles. The summed E-state index contributed by atoms with van der Waals surface area (Å²) in [5, 5.41) is 7.83. The first-order valence-corrected chi connectivity index (χ1v) is 9.28. The quantitative estimate of drug-likeness (QED) is 0.469. The van der Waals surface area contributed by atoms with Gasteiger partial charge in [-0.15, -0.1) is 11.3 Å². The number of nitrogens with zero attached hydrogens (tertiary/aromatic N) is 3. The fourth-order valence-corrected chi connectivity index (χ4v) is 3.51. The second kappa shape index (κ2) is 8.11.